The van der Waals surface area contributed by atoms with E-state index in [1.807, 2.05) is 6.20 Å². The first kappa shape index (κ1) is 15.1. The van der Waals surface area contributed by atoms with Gasteiger partial charge < -0.3 is 5.32 Å². The van der Waals surface area contributed by atoms with Crippen LogP contribution in [0.4, 0.5) is 0 Å². The number of aromatic nitrogens is 2. The fraction of sp³-hybridized carbons (Fsp3) is 0.833. The number of fused-ring (bicyclic) bond motifs is 1. The summed E-state index contributed by atoms with van der Waals surface area (Å²) in [4.78, 5) is 0. The number of hydrogen-bond acceptors (Lipinski definition) is 2. The van der Waals surface area contributed by atoms with E-state index in [4.69, 9.17) is 0 Å². The summed E-state index contributed by atoms with van der Waals surface area (Å²) in [7, 11) is 2.09. The summed E-state index contributed by atoms with van der Waals surface area (Å²) in [5, 5.41) is 8.22. The molecular formula is C18H31N3. The van der Waals surface area contributed by atoms with Crippen LogP contribution in [0.5, 0.6) is 0 Å². The first-order valence-electron chi connectivity index (χ1n) is 9.01. The Labute approximate surface area is 129 Å². The molecular weight excluding hydrogens is 258 g/mol. The number of rotatable bonds is 5. The van der Waals surface area contributed by atoms with Gasteiger partial charge in [0.2, 0.25) is 0 Å². The molecule has 2 saturated carbocycles. The largest absolute Gasteiger partial charge is 0.308 e. The van der Waals surface area contributed by atoms with Crippen LogP contribution in [0.3, 0.4) is 0 Å². The summed E-state index contributed by atoms with van der Waals surface area (Å²) in [5.74, 6) is 2.83. The number of nitrogens with one attached hydrogen (secondary N) is 1. The van der Waals surface area contributed by atoms with Gasteiger partial charge in [-0.3, -0.25) is 4.68 Å². The highest BCUT2D eigenvalue weighted by atomic mass is 15.3. The average Bonchev–Trinajstić information content (AvgIpc) is 2.94. The van der Waals surface area contributed by atoms with Crippen LogP contribution in [0.15, 0.2) is 12.3 Å². The topological polar surface area (TPSA) is 29.9 Å². The highest BCUT2D eigenvalue weighted by Crippen LogP contribution is 2.46. The number of aryl methyl sites for hydroxylation is 1. The number of hydrogen-bond donors (Lipinski definition) is 1. The molecule has 3 heteroatoms. The Balaban J connectivity index is 1.72. The van der Waals surface area contributed by atoms with Crippen molar-refractivity contribution in [2.45, 2.75) is 64.3 Å². The van der Waals surface area contributed by atoms with Gasteiger partial charge in [-0.05, 0) is 56.0 Å². The predicted molar refractivity (Wildman–Crippen MR) is 87.0 cm³/mol. The summed E-state index contributed by atoms with van der Waals surface area (Å²) < 4.78 is 2.07. The predicted octanol–water partition coefficient (Wildman–Crippen LogP) is 4.07. The molecule has 0 aliphatic heterocycles. The molecule has 21 heavy (non-hydrogen) atoms. The van der Waals surface area contributed by atoms with Gasteiger partial charge in [-0.1, -0.05) is 32.6 Å². The van der Waals surface area contributed by atoms with E-state index in [2.05, 4.69) is 35.1 Å². The molecule has 0 spiro atoms. The molecule has 2 aliphatic rings. The van der Waals surface area contributed by atoms with Gasteiger partial charge in [0.05, 0.1) is 11.7 Å². The van der Waals surface area contributed by atoms with Crippen LogP contribution in [0.2, 0.25) is 0 Å². The SMILES string of the molecule is CCCNC(c1ccnn1C)C1CCC2CCCCC2C1. The third kappa shape index (κ3) is 3.33. The molecule has 1 N–H and O–H groups in total. The molecule has 4 unspecified atom stereocenters. The summed E-state index contributed by atoms with van der Waals surface area (Å²) in [5.41, 5.74) is 1.38. The van der Waals surface area contributed by atoms with E-state index in [0.717, 1.165) is 24.3 Å². The van der Waals surface area contributed by atoms with Gasteiger partial charge in [-0.15, -0.1) is 0 Å². The van der Waals surface area contributed by atoms with E-state index in [9.17, 15) is 0 Å². The fourth-order valence-electron chi connectivity index (χ4n) is 4.71. The first-order chi connectivity index (χ1) is 10.3. The van der Waals surface area contributed by atoms with Crippen LogP contribution in [0.25, 0.3) is 0 Å². The van der Waals surface area contributed by atoms with Gasteiger partial charge in [0.15, 0.2) is 0 Å². The second-order valence-electron chi connectivity index (χ2n) is 7.19. The quantitative estimate of drug-likeness (QED) is 0.885. The molecule has 3 rings (SSSR count). The van der Waals surface area contributed by atoms with Crippen LogP contribution in [0.1, 0.15) is 70.0 Å². The Morgan fingerprint density at radius 1 is 1.24 bits per heavy atom. The van der Waals surface area contributed by atoms with Crippen molar-refractivity contribution in [3.8, 4) is 0 Å². The van der Waals surface area contributed by atoms with Crippen molar-refractivity contribution in [1.29, 1.82) is 0 Å². The molecule has 2 fully saturated rings. The van der Waals surface area contributed by atoms with Crippen LogP contribution >= 0.6 is 0 Å². The van der Waals surface area contributed by atoms with E-state index in [1.54, 1.807) is 0 Å². The van der Waals surface area contributed by atoms with Gasteiger partial charge in [-0.2, -0.15) is 5.10 Å². The van der Waals surface area contributed by atoms with Crippen LogP contribution in [-0.4, -0.2) is 16.3 Å². The molecule has 3 nitrogen and oxygen atoms in total. The third-order valence-corrected chi connectivity index (χ3v) is 5.84. The maximum Gasteiger partial charge on any atom is 0.0553 e. The van der Waals surface area contributed by atoms with E-state index in [1.165, 1.54) is 57.1 Å². The molecule has 0 amide bonds. The van der Waals surface area contributed by atoms with Crippen molar-refractivity contribution in [3.05, 3.63) is 18.0 Å². The molecule has 0 bridgehead atoms. The molecule has 1 heterocycles. The Kier molecular flexibility index (Phi) is 4.99. The molecule has 0 radical (unpaired) electrons. The first-order valence-corrected chi connectivity index (χ1v) is 9.01. The van der Waals surface area contributed by atoms with Crippen LogP contribution in [0, 0.1) is 17.8 Å². The Morgan fingerprint density at radius 2 is 2.05 bits per heavy atom. The molecule has 0 saturated heterocycles. The van der Waals surface area contributed by atoms with Gasteiger partial charge in [-0.25, -0.2) is 0 Å². The number of nitrogens with zero attached hydrogens (tertiary/aromatic N) is 2. The molecule has 4 atom stereocenters. The maximum atomic E-state index is 4.40. The summed E-state index contributed by atoms with van der Waals surface area (Å²) in [6.45, 7) is 3.37. The minimum absolute atomic E-state index is 0.500. The lowest BCUT2D eigenvalue weighted by Gasteiger charge is -2.42. The Hall–Kier alpha value is -0.830. The van der Waals surface area contributed by atoms with Crippen molar-refractivity contribution >= 4 is 0 Å². The van der Waals surface area contributed by atoms with Gasteiger partial charge in [0, 0.05) is 13.2 Å². The summed E-state index contributed by atoms with van der Waals surface area (Å²) in [6.07, 6.45) is 13.3. The lowest BCUT2D eigenvalue weighted by molar-refractivity contribution is 0.107. The van der Waals surface area contributed by atoms with Crippen LogP contribution < -0.4 is 5.32 Å². The van der Waals surface area contributed by atoms with Crippen molar-refractivity contribution in [2.75, 3.05) is 6.54 Å². The van der Waals surface area contributed by atoms with Crippen molar-refractivity contribution in [2.24, 2.45) is 24.8 Å². The molecule has 2 aliphatic carbocycles. The molecule has 1 aromatic heterocycles. The second kappa shape index (κ2) is 6.95. The zero-order chi connectivity index (χ0) is 14.7. The van der Waals surface area contributed by atoms with Crippen molar-refractivity contribution in [1.82, 2.24) is 15.1 Å². The second-order valence-corrected chi connectivity index (χ2v) is 7.19. The highest BCUT2D eigenvalue weighted by Gasteiger charge is 2.36. The molecule has 118 valence electrons. The average molecular weight is 289 g/mol. The lowest BCUT2D eigenvalue weighted by atomic mass is 9.66. The monoisotopic (exact) mass is 289 g/mol. The van der Waals surface area contributed by atoms with Gasteiger partial charge >= 0.3 is 0 Å². The highest BCUT2D eigenvalue weighted by molar-refractivity contribution is 5.09. The fourth-order valence-corrected chi connectivity index (χ4v) is 4.71. The zero-order valence-corrected chi connectivity index (χ0v) is 13.7. The van der Waals surface area contributed by atoms with E-state index >= 15 is 0 Å². The summed E-state index contributed by atoms with van der Waals surface area (Å²) >= 11 is 0. The Morgan fingerprint density at radius 3 is 2.76 bits per heavy atom. The molecule has 0 aromatic carbocycles. The summed E-state index contributed by atoms with van der Waals surface area (Å²) in [6, 6.07) is 2.71. The smallest absolute Gasteiger partial charge is 0.0553 e. The minimum atomic E-state index is 0.500. The Bertz CT molecular complexity index is 439. The minimum Gasteiger partial charge on any atom is -0.308 e. The van der Waals surface area contributed by atoms with Gasteiger partial charge in [0.25, 0.3) is 0 Å². The van der Waals surface area contributed by atoms with Crippen molar-refractivity contribution < 1.29 is 0 Å². The molecule has 1 aromatic rings. The van der Waals surface area contributed by atoms with E-state index in [-0.39, 0.29) is 0 Å². The van der Waals surface area contributed by atoms with E-state index in [0.29, 0.717) is 6.04 Å². The normalized spacial score (nSPS) is 30.9. The van der Waals surface area contributed by atoms with Gasteiger partial charge in [0.1, 0.15) is 0 Å². The lowest BCUT2D eigenvalue weighted by Crippen LogP contribution is -2.36. The maximum absolute atomic E-state index is 4.40. The van der Waals surface area contributed by atoms with Crippen LogP contribution in [-0.2, 0) is 7.05 Å². The zero-order valence-electron chi connectivity index (χ0n) is 13.7. The van der Waals surface area contributed by atoms with Crippen molar-refractivity contribution in [3.63, 3.8) is 0 Å². The standard InChI is InChI=1S/C18H31N3/c1-3-11-19-18(17-10-12-20-21(17)2)16-9-8-14-6-4-5-7-15(14)13-16/h10,12,14-16,18-19H,3-9,11,13H2,1-2H3. The third-order valence-electron chi connectivity index (χ3n) is 5.84. The van der Waals surface area contributed by atoms with E-state index < -0.39 is 0 Å².